The quantitative estimate of drug-likeness (QED) is 0.679. The molecule has 0 spiro atoms. The lowest BCUT2D eigenvalue weighted by Gasteiger charge is -2.09. The molecular formula is C8H10F2N2O. The predicted octanol–water partition coefficient (Wildman–Crippen LogP) is 1.91. The normalized spacial score (nSPS) is 11.2. The van der Waals surface area contributed by atoms with Gasteiger partial charge in [-0.3, -0.25) is 9.48 Å². The molecule has 0 radical (unpaired) electrons. The third-order valence-corrected chi connectivity index (χ3v) is 1.61. The Balaban J connectivity index is 3.01. The lowest BCUT2D eigenvalue weighted by molar-refractivity contribution is 0.0665. The Kier molecular flexibility index (Phi) is 2.75. The maximum atomic E-state index is 12.0. The summed E-state index contributed by atoms with van der Waals surface area (Å²) < 4.78 is 25.4. The summed E-state index contributed by atoms with van der Waals surface area (Å²) in [5, 5.41) is 3.78. The second kappa shape index (κ2) is 3.64. The molecule has 13 heavy (non-hydrogen) atoms. The zero-order valence-corrected chi connectivity index (χ0v) is 7.37. The van der Waals surface area contributed by atoms with Gasteiger partial charge < -0.3 is 0 Å². The molecule has 0 saturated heterocycles. The fourth-order valence-corrected chi connectivity index (χ4v) is 1.03. The van der Waals surface area contributed by atoms with E-state index in [2.05, 4.69) is 5.10 Å². The molecule has 0 aromatic carbocycles. The van der Waals surface area contributed by atoms with E-state index in [9.17, 15) is 13.6 Å². The molecule has 0 amide bonds. The molecule has 1 rings (SSSR count). The minimum Gasteiger partial charge on any atom is -0.286 e. The molecule has 0 aliphatic carbocycles. The summed E-state index contributed by atoms with van der Waals surface area (Å²) in [6.45, 7) is 3.55. The van der Waals surface area contributed by atoms with Gasteiger partial charge in [0.05, 0.1) is 0 Å². The van der Waals surface area contributed by atoms with E-state index in [-0.39, 0.29) is 11.7 Å². The summed E-state index contributed by atoms with van der Waals surface area (Å²) >= 11 is 0. The van der Waals surface area contributed by atoms with Gasteiger partial charge in [-0.1, -0.05) is 0 Å². The van der Waals surface area contributed by atoms with Gasteiger partial charge in [-0.05, 0) is 19.9 Å². The first-order valence-corrected chi connectivity index (χ1v) is 3.90. The highest BCUT2D eigenvalue weighted by molar-refractivity contribution is 5.96. The van der Waals surface area contributed by atoms with Gasteiger partial charge in [-0.15, -0.1) is 0 Å². The molecule has 0 unspecified atom stereocenters. The van der Waals surface area contributed by atoms with Crippen LogP contribution >= 0.6 is 0 Å². The number of aromatic nitrogens is 2. The molecule has 0 aliphatic rings. The third-order valence-electron chi connectivity index (χ3n) is 1.61. The van der Waals surface area contributed by atoms with Crippen molar-refractivity contribution in [1.29, 1.82) is 0 Å². The van der Waals surface area contributed by atoms with E-state index in [1.165, 1.54) is 16.9 Å². The molecule has 1 aromatic heterocycles. The van der Waals surface area contributed by atoms with Crippen LogP contribution in [-0.4, -0.2) is 22.0 Å². The van der Waals surface area contributed by atoms with E-state index >= 15 is 0 Å². The first-order valence-electron chi connectivity index (χ1n) is 3.90. The van der Waals surface area contributed by atoms with Gasteiger partial charge in [0.25, 0.3) is 0 Å². The highest BCUT2D eigenvalue weighted by atomic mass is 19.3. The van der Waals surface area contributed by atoms with Crippen LogP contribution < -0.4 is 0 Å². The number of carbonyl (C=O) groups excluding carboxylic acids is 1. The minimum atomic E-state index is -2.96. The summed E-state index contributed by atoms with van der Waals surface area (Å²) in [6, 6.07) is 1.21. The van der Waals surface area contributed by atoms with Crippen molar-refractivity contribution in [2.45, 2.75) is 26.3 Å². The largest absolute Gasteiger partial charge is 0.302 e. The van der Waals surface area contributed by atoms with Crippen molar-refractivity contribution >= 4 is 5.78 Å². The summed E-state index contributed by atoms with van der Waals surface area (Å²) in [5.74, 6) is -1.17. The van der Waals surface area contributed by atoms with Crippen LogP contribution in [-0.2, 0) is 0 Å². The number of alkyl halides is 2. The van der Waals surface area contributed by atoms with Crippen LogP contribution in [0.15, 0.2) is 12.3 Å². The van der Waals surface area contributed by atoms with Crippen molar-refractivity contribution in [2.24, 2.45) is 0 Å². The zero-order valence-electron chi connectivity index (χ0n) is 7.37. The van der Waals surface area contributed by atoms with Gasteiger partial charge in [-0.2, -0.15) is 5.10 Å². The molecule has 0 aliphatic heterocycles. The third kappa shape index (κ3) is 1.91. The Hall–Kier alpha value is -1.26. The van der Waals surface area contributed by atoms with E-state index in [4.69, 9.17) is 0 Å². The standard InChI is InChI=1S/C8H10F2N2O/c1-5(2)12-6(3-4-11-12)7(13)8(9)10/h3-5,8H,1-2H3. The SMILES string of the molecule is CC(C)n1nccc1C(=O)C(F)F. The lowest BCUT2D eigenvalue weighted by atomic mass is 10.2. The van der Waals surface area contributed by atoms with Crippen molar-refractivity contribution in [2.75, 3.05) is 0 Å². The lowest BCUT2D eigenvalue weighted by Crippen LogP contribution is -2.17. The van der Waals surface area contributed by atoms with Crippen LogP contribution in [0.5, 0.6) is 0 Å². The first kappa shape index (κ1) is 9.83. The average Bonchev–Trinajstić information content (AvgIpc) is 2.50. The Labute approximate surface area is 74.4 Å². The van der Waals surface area contributed by atoms with Gasteiger partial charge in [0.1, 0.15) is 5.69 Å². The molecular weight excluding hydrogens is 178 g/mol. The molecule has 0 N–H and O–H groups in total. The number of nitrogens with zero attached hydrogens (tertiary/aromatic N) is 2. The average molecular weight is 188 g/mol. The van der Waals surface area contributed by atoms with Gasteiger partial charge in [-0.25, -0.2) is 8.78 Å². The van der Waals surface area contributed by atoms with Crippen LogP contribution in [0.25, 0.3) is 0 Å². The summed E-state index contributed by atoms with van der Waals surface area (Å²) in [6.07, 6.45) is -1.62. The highest BCUT2D eigenvalue weighted by Crippen LogP contribution is 2.11. The second-order valence-corrected chi connectivity index (χ2v) is 2.92. The Morgan fingerprint density at radius 2 is 2.15 bits per heavy atom. The van der Waals surface area contributed by atoms with Crippen LogP contribution in [0.4, 0.5) is 8.78 Å². The summed E-state index contributed by atoms with van der Waals surface area (Å²) in [4.78, 5) is 10.9. The topological polar surface area (TPSA) is 34.9 Å². The predicted molar refractivity (Wildman–Crippen MR) is 42.9 cm³/mol. The van der Waals surface area contributed by atoms with Crippen molar-refractivity contribution in [3.05, 3.63) is 18.0 Å². The van der Waals surface area contributed by atoms with Gasteiger partial charge in [0.2, 0.25) is 5.78 Å². The summed E-state index contributed by atoms with van der Waals surface area (Å²) in [5.41, 5.74) is -0.0370. The van der Waals surface area contributed by atoms with Crippen molar-refractivity contribution in [3.8, 4) is 0 Å². The number of hydrogen-bond donors (Lipinski definition) is 0. The Morgan fingerprint density at radius 1 is 1.54 bits per heavy atom. The maximum Gasteiger partial charge on any atom is 0.302 e. The van der Waals surface area contributed by atoms with E-state index in [1.807, 2.05) is 0 Å². The van der Waals surface area contributed by atoms with Crippen LogP contribution in [0.2, 0.25) is 0 Å². The number of rotatable bonds is 3. The molecule has 3 nitrogen and oxygen atoms in total. The van der Waals surface area contributed by atoms with Crippen LogP contribution in [0, 0.1) is 0 Å². The smallest absolute Gasteiger partial charge is 0.286 e. The van der Waals surface area contributed by atoms with E-state index in [1.54, 1.807) is 13.8 Å². The molecule has 1 aromatic rings. The first-order chi connectivity index (χ1) is 6.04. The molecule has 5 heteroatoms. The Bertz CT molecular complexity index is 307. The number of carbonyl (C=O) groups is 1. The fraction of sp³-hybridized carbons (Fsp3) is 0.500. The van der Waals surface area contributed by atoms with Crippen molar-refractivity contribution in [1.82, 2.24) is 9.78 Å². The van der Waals surface area contributed by atoms with Gasteiger partial charge in [0.15, 0.2) is 0 Å². The summed E-state index contributed by atoms with van der Waals surface area (Å²) in [7, 11) is 0. The van der Waals surface area contributed by atoms with E-state index in [0.717, 1.165) is 0 Å². The van der Waals surface area contributed by atoms with Crippen molar-refractivity contribution in [3.63, 3.8) is 0 Å². The molecule has 0 atom stereocenters. The minimum absolute atomic E-state index is 0.0370. The fourth-order valence-electron chi connectivity index (χ4n) is 1.03. The monoisotopic (exact) mass is 188 g/mol. The number of halogens is 2. The second-order valence-electron chi connectivity index (χ2n) is 2.92. The van der Waals surface area contributed by atoms with E-state index in [0.29, 0.717) is 0 Å². The molecule has 0 saturated carbocycles. The Morgan fingerprint density at radius 3 is 2.62 bits per heavy atom. The van der Waals surface area contributed by atoms with E-state index < -0.39 is 12.2 Å². The number of ketones is 1. The van der Waals surface area contributed by atoms with Crippen molar-refractivity contribution < 1.29 is 13.6 Å². The molecule has 0 bridgehead atoms. The van der Waals surface area contributed by atoms with Crippen LogP contribution in [0.1, 0.15) is 30.4 Å². The molecule has 0 fully saturated rings. The van der Waals surface area contributed by atoms with Gasteiger partial charge in [0, 0.05) is 12.2 Å². The number of hydrogen-bond acceptors (Lipinski definition) is 2. The molecule has 1 heterocycles. The van der Waals surface area contributed by atoms with Gasteiger partial charge >= 0.3 is 6.43 Å². The highest BCUT2D eigenvalue weighted by Gasteiger charge is 2.22. The molecule has 72 valence electrons. The maximum absolute atomic E-state index is 12.0. The zero-order chi connectivity index (χ0) is 10.0. The number of Topliss-reactive ketones (excluding diaryl/α,β-unsaturated/α-hetero) is 1. The van der Waals surface area contributed by atoms with Crippen LogP contribution in [0.3, 0.4) is 0 Å².